The van der Waals surface area contributed by atoms with Gasteiger partial charge in [-0.1, -0.05) is 13.8 Å². The van der Waals surface area contributed by atoms with E-state index in [0.717, 1.165) is 6.42 Å². The van der Waals surface area contributed by atoms with E-state index in [1.807, 2.05) is 0 Å². The summed E-state index contributed by atoms with van der Waals surface area (Å²) in [6.45, 7) is 5.73. The highest BCUT2D eigenvalue weighted by atomic mass is 16.5. The van der Waals surface area contributed by atoms with Gasteiger partial charge < -0.3 is 4.74 Å². The van der Waals surface area contributed by atoms with Gasteiger partial charge in [0, 0.05) is 12.3 Å². The van der Waals surface area contributed by atoms with Crippen molar-refractivity contribution in [2.24, 2.45) is 17.3 Å². The average Bonchev–Trinajstić information content (AvgIpc) is 2.10. The lowest BCUT2D eigenvalue weighted by Crippen LogP contribution is -2.48. The van der Waals surface area contributed by atoms with Crippen LogP contribution in [0.4, 0.5) is 0 Å². The summed E-state index contributed by atoms with van der Waals surface area (Å²) in [5.41, 5.74) is -0.0416. The van der Waals surface area contributed by atoms with Gasteiger partial charge in [-0.15, -0.1) is 0 Å². The lowest BCUT2D eigenvalue weighted by Gasteiger charge is -2.50. The molecule has 1 rings (SSSR count). The Kier molecular flexibility index (Phi) is 2.98. The number of carbonyl (C=O) groups excluding carboxylic acids is 2. The van der Waals surface area contributed by atoms with Crippen LogP contribution in [0.3, 0.4) is 0 Å². The molecule has 0 amide bonds. The monoisotopic (exact) mass is 198 g/mol. The fourth-order valence-corrected chi connectivity index (χ4v) is 2.34. The van der Waals surface area contributed by atoms with Crippen molar-refractivity contribution in [1.29, 1.82) is 0 Å². The average molecular weight is 198 g/mol. The Labute approximate surface area is 84.8 Å². The zero-order chi connectivity index (χ0) is 10.9. The first-order valence-electron chi connectivity index (χ1n) is 4.96. The fraction of sp³-hybridized carbons (Fsp3) is 0.818. The van der Waals surface area contributed by atoms with Gasteiger partial charge in [-0.3, -0.25) is 9.59 Å². The highest BCUT2D eigenvalue weighted by Gasteiger charge is 2.50. The lowest BCUT2D eigenvalue weighted by molar-refractivity contribution is -0.151. The molecule has 1 fully saturated rings. The number of hydrogen-bond donors (Lipinski definition) is 0. The molecular formula is C11H18O3. The SMILES string of the molecule is COC(=O)CC1CC(C(C)=O)C1(C)C. The smallest absolute Gasteiger partial charge is 0.305 e. The third-order valence-corrected chi connectivity index (χ3v) is 3.60. The Balaban J connectivity index is 2.54. The van der Waals surface area contributed by atoms with Crippen molar-refractivity contribution < 1.29 is 14.3 Å². The first-order valence-corrected chi connectivity index (χ1v) is 4.96. The molecule has 0 heterocycles. The molecule has 0 bridgehead atoms. The van der Waals surface area contributed by atoms with Crippen LogP contribution < -0.4 is 0 Å². The van der Waals surface area contributed by atoms with Crippen LogP contribution in [0, 0.1) is 17.3 Å². The highest BCUT2D eigenvalue weighted by Crippen LogP contribution is 2.53. The molecule has 0 radical (unpaired) electrons. The minimum absolute atomic E-state index is 0.0416. The first-order chi connectivity index (χ1) is 6.39. The van der Waals surface area contributed by atoms with E-state index in [0.29, 0.717) is 12.3 Å². The summed E-state index contributed by atoms with van der Waals surface area (Å²) < 4.78 is 4.62. The summed E-state index contributed by atoms with van der Waals surface area (Å²) in [6.07, 6.45) is 1.27. The second-order valence-electron chi connectivity index (χ2n) is 4.70. The fourth-order valence-electron chi connectivity index (χ4n) is 2.34. The van der Waals surface area contributed by atoms with Crippen molar-refractivity contribution in [3.8, 4) is 0 Å². The largest absolute Gasteiger partial charge is 0.469 e. The van der Waals surface area contributed by atoms with Crippen molar-refractivity contribution >= 4 is 11.8 Å². The quantitative estimate of drug-likeness (QED) is 0.649. The molecular weight excluding hydrogens is 180 g/mol. The van der Waals surface area contributed by atoms with E-state index in [9.17, 15) is 9.59 Å². The molecule has 0 spiro atoms. The molecule has 0 aromatic carbocycles. The molecule has 0 saturated heterocycles. The number of ketones is 1. The zero-order valence-electron chi connectivity index (χ0n) is 9.29. The maximum atomic E-state index is 11.2. The molecule has 0 N–H and O–H groups in total. The number of rotatable bonds is 3. The van der Waals surface area contributed by atoms with E-state index < -0.39 is 0 Å². The number of carbonyl (C=O) groups is 2. The van der Waals surface area contributed by atoms with Crippen LogP contribution in [0.15, 0.2) is 0 Å². The van der Waals surface area contributed by atoms with Crippen molar-refractivity contribution in [3.63, 3.8) is 0 Å². The summed E-state index contributed by atoms with van der Waals surface area (Å²) in [6, 6.07) is 0. The third-order valence-electron chi connectivity index (χ3n) is 3.60. The van der Waals surface area contributed by atoms with Gasteiger partial charge in [0.05, 0.1) is 7.11 Å². The van der Waals surface area contributed by atoms with Gasteiger partial charge >= 0.3 is 5.97 Å². The predicted molar refractivity (Wildman–Crippen MR) is 52.7 cm³/mol. The first kappa shape index (κ1) is 11.2. The van der Waals surface area contributed by atoms with Crippen molar-refractivity contribution in [3.05, 3.63) is 0 Å². The van der Waals surface area contributed by atoms with Gasteiger partial charge in [0.2, 0.25) is 0 Å². The van der Waals surface area contributed by atoms with E-state index in [1.54, 1.807) is 6.92 Å². The highest BCUT2D eigenvalue weighted by molar-refractivity contribution is 5.80. The van der Waals surface area contributed by atoms with Crippen molar-refractivity contribution in [2.75, 3.05) is 7.11 Å². The molecule has 2 unspecified atom stereocenters. The number of methoxy groups -OCH3 is 1. The molecule has 2 atom stereocenters. The van der Waals surface area contributed by atoms with E-state index >= 15 is 0 Å². The van der Waals surface area contributed by atoms with Gasteiger partial charge in [0.25, 0.3) is 0 Å². The van der Waals surface area contributed by atoms with E-state index in [1.165, 1.54) is 7.11 Å². The maximum Gasteiger partial charge on any atom is 0.305 e. The summed E-state index contributed by atoms with van der Waals surface area (Å²) in [5.74, 6) is 0.474. The number of ether oxygens (including phenoxy) is 1. The molecule has 80 valence electrons. The molecule has 0 aliphatic heterocycles. The van der Waals surface area contributed by atoms with E-state index in [2.05, 4.69) is 18.6 Å². The maximum absolute atomic E-state index is 11.2. The third kappa shape index (κ3) is 1.81. The van der Waals surface area contributed by atoms with Crippen LogP contribution in [-0.4, -0.2) is 18.9 Å². The topological polar surface area (TPSA) is 43.4 Å². The second-order valence-corrected chi connectivity index (χ2v) is 4.70. The zero-order valence-corrected chi connectivity index (χ0v) is 9.29. The normalized spacial score (nSPS) is 29.1. The van der Waals surface area contributed by atoms with Gasteiger partial charge in [0.1, 0.15) is 5.78 Å². The van der Waals surface area contributed by atoms with Crippen LogP contribution in [0.2, 0.25) is 0 Å². The van der Waals surface area contributed by atoms with Crippen molar-refractivity contribution in [1.82, 2.24) is 0 Å². The van der Waals surface area contributed by atoms with Crippen LogP contribution in [0.25, 0.3) is 0 Å². The van der Waals surface area contributed by atoms with Gasteiger partial charge in [0.15, 0.2) is 0 Å². The van der Waals surface area contributed by atoms with Gasteiger partial charge in [-0.05, 0) is 24.7 Å². The Bertz CT molecular complexity index is 255. The summed E-state index contributed by atoms with van der Waals surface area (Å²) in [5, 5.41) is 0. The lowest BCUT2D eigenvalue weighted by atomic mass is 9.53. The number of hydrogen-bond acceptors (Lipinski definition) is 3. The van der Waals surface area contributed by atoms with E-state index in [4.69, 9.17) is 0 Å². The Hall–Kier alpha value is -0.860. The summed E-state index contributed by atoms with van der Waals surface area (Å²) >= 11 is 0. The molecule has 1 saturated carbocycles. The number of Topliss-reactive ketones (excluding diaryl/α,β-unsaturated/α-hetero) is 1. The molecule has 14 heavy (non-hydrogen) atoms. The van der Waals surface area contributed by atoms with E-state index in [-0.39, 0.29) is 23.1 Å². The second kappa shape index (κ2) is 3.71. The summed E-state index contributed by atoms with van der Waals surface area (Å²) in [4.78, 5) is 22.3. The molecule has 0 aromatic rings. The molecule has 1 aliphatic carbocycles. The predicted octanol–water partition coefficient (Wildman–Crippen LogP) is 1.80. The molecule has 3 nitrogen and oxygen atoms in total. The Morgan fingerprint density at radius 3 is 2.36 bits per heavy atom. The van der Waals surface area contributed by atoms with Crippen LogP contribution in [0.5, 0.6) is 0 Å². The minimum atomic E-state index is -0.176. The van der Waals surface area contributed by atoms with Crippen LogP contribution >= 0.6 is 0 Å². The van der Waals surface area contributed by atoms with Crippen LogP contribution in [0.1, 0.15) is 33.6 Å². The van der Waals surface area contributed by atoms with Crippen LogP contribution in [-0.2, 0) is 14.3 Å². The van der Waals surface area contributed by atoms with Gasteiger partial charge in [-0.2, -0.15) is 0 Å². The Morgan fingerprint density at radius 1 is 1.43 bits per heavy atom. The van der Waals surface area contributed by atoms with Crippen molar-refractivity contribution in [2.45, 2.75) is 33.6 Å². The molecule has 3 heteroatoms. The summed E-state index contributed by atoms with van der Waals surface area (Å²) in [7, 11) is 1.40. The van der Waals surface area contributed by atoms with Gasteiger partial charge in [-0.25, -0.2) is 0 Å². The standard InChI is InChI=1S/C11H18O3/c1-7(12)9-5-8(11(9,2)3)6-10(13)14-4/h8-9H,5-6H2,1-4H3. The molecule has 1 aliphatic rings. The molecule has 0 aromatic heterocycles. The number of esters is 1. The Morgan fingerprint density at radius 2 is 2.00 bits per heavy atom. The minimum Gasteiger partial charge on any atom is -0.469 e.